The first kappa shape index (κ1) is 17.6. The fourth-order valence-corrected chi connectivity index (χ4v) is 1.45. The minimum atomic E-state index is -0.00694. The zero-order valence-corrected chi connectivity index (χ0v) is 12.1. The zero-order chi connectivity index (χ0) is 14.5. The maximum Gasteiger partial charge on any atom is 0.220 e. The predicted molar refractivity (Wildman–Crippen MR) is 75.8 cm³/mol. The lowest BCUT2D eigenvalue weighted by molar-refractivity contribution is -0.121. The molecule has 0 unspecified atom stereocenters. The van der Waals surface area contributed by atoms with Gasteiger partial charge in [-0.25, -0.2) is 0 Å². The molecule has 0 aliphatic rings. The summed E-state index contributed by atoms with van der Waals surface area (Å²) in [6, 6.07) is 0. The molecule has 5 nitrogen and oxygen atoms in total. The molecule has 5 heteroatoms. The van der Waals surface area contributed by atoms with Crippen LogP contribution >= 0.6 is 0 Å². The molecular formula is C14H26N2O3. The Kier molecular flexibility index (Phi) is 10.9. The standard InChI is InChI=1S/C14H26N2O3/c1-12(2)11-19-10-9-16-14(18)7-5-4-6-8-15-13(3)17/h1,4-11H2,2-3H3,(H,15,17)(H,16,18). The second kappa shape index (κ2) is 11.7. The summed E-state index contributed by atoms with van der Waals surface area (Å²) >= 11 is 0. The van der Waals surface area contributed by atoms with E-state index < -0.39 is 0 Å². The van der Waals surface area contributed by atoms with E-state index in [2.05, 4.69) is 17.2 Å². The van der Waals surface area contributed by atoms with Crippen LogP contribution in [0.1, 0.15) is 39.5 Å². The first-order chi connectivity index (χ1) is 9.02. The molecular weight excluding hydrogens is 244 g/mol. The molecule has 2 amide bonds. The highest BCUT2D eigenvalue weighted by atomic mass is 16.5. The number of hydrogen-bond acceptors (Lipinski definition) is 3. The first-order valence-corrected chi connectivity index (χ1v) is 6.75. The van der Waals surface area contributed by atoms with E-state index in [1.54, 1.807) is 0 Å². The molecule has 0 aromatic carbocycles. The van der Waals surface area contributed by atoms with E-state index in [1.165, 1.54) is 6.92 Å². The van der Waals surface area contributed by atoms with Gasteiger partial charge in [0.15, 0.2) is 0 Å². The number of carbonyl (C=O) groups is 2. The van der Waals surface area contributed by atoms with Gasteiger partial charge in [-0.1, -0.05) is 18.6 Å². The molecule has 0 atom stereocenters. The maximum absolute atomic E-state index is 11.4. The van der Waals surface area contributed by atoms with Crippen LogP contribution in [0.5, 0.6) is 0 Å². The molecule has 0 aliphatic heterocycles. The second-order valence-corrected chi connectivity index (χ2v) is 4.65. The smallest absolute Gasteiger partial charge is 0.220 e. The highest BCUT2D eigenvalue weighted by Crippen LogP contribution is 1.98. The molecule has 0 saturated carbocycles. The highest BCUT2D eigenvalue weighted by molar-refractivity contribution is 5.75. The number of amides is 2. The molecule has 0 fully saturated rings. The molecule has 0 aromatic rings. The van der Waals surface area contributed by atoms with Crippen molar-refractivity contribution in [1.29, 1.82) is 0 Å². The van der Waals surface area contributed by atoms with E-state index in [9.17, 15) is 9.59 Å². The molecule has 0 bridgehead atoms. The lowest BCUT2D eigenvalue weighted by atomic mass is 10.2. The van der Waals surface area contributed by atoms with Crippen molar-refractivity contribution in [3.8, 4) is 0 Å². The van der Waals surface area contributed by atoms with Crippen molar-refractivity contribution in [3.05, 3.63) is 12.2 Å². The third-order valence-corrected chi connectivity index (χ3v) is 2.37. The van der Waals surface area contributed by atoms with Crippen LogP contribution in [0.25, 0.3) is 0 Å². The van der Waals surface area contributed by atoms with Crippen molar-refractivity contribution in [2.24, 2.45) is 0 Å². The Morgan fingerprint density at radius 2 is 1.79 bits per heavy atom. The van der Waals surface area contributed by atoms with Gasteiger partial charge in [0.1, 0.15) is 0 Å². The summed E-state index contributed by atoms with van der Waals surface area (Å²) in [5.74, 6) is 0.0472. The number of hydrogen-bond donors (Lipinski definition) is 2. The highest BCUT2D eigenvalue weighted by Gasteiger charge is 2.00. The van der Waals surface area contributed by atoms with Crippen molar-refractivity contribution < 1.29 is 14.3 Å². The fourth-order valence-electron chi connectivity index (χ4n) is 1.45. The number of nitrogens with one attached hydrogen (secondary N) is 2. The normalized spacial score (nSPS) is 10.0. The Hall–Kier alpha value is -1.36. The Bertz CT molecular complexity index is 290. The van der Waals surface area contributed by atoms with Crippen LogP contribution in [0.15, 0.2) is 12.2 Å². The van der Waals surface area contributed by atoms with Crippen molar-refractivity contribution in [2.75, 3.05) is 26.3 Å². The van der Waals surface area contributed by atoms with Crippen LogP contribution in [0, 0.1) is 0 Å². The number of ether oxygens (including phenoxy) is 1. The number of carbonyl (C=O) groups excluding carboxylic acids is 2. The molecule has 0 aromatic heterocycles. The van der Waals surface area contributed by atoms with Gasteiger partial charge < -0.3 is 15.4 Å². The lowest BCUT2D eigenvalue weighted by Gasteiger charge is -2.06. The third-order valence-electron chi connectivity index (χ3n) is 2.37. The van der Waals surface area contributed by atoms with Gasteiger partial charge in [0.05, 0.1) is 13.2 Å². The quantitative estimate of drug-likeness (QED) is 0.440. The Morgan fingerprint density at radius 3 is 2.42 bits per heavy atom. The Balaban J connectivity index is 3.26. The first-order valence-electron chi connectivity index (χ1n) is 6.75. The third kappa shape index (κ3) is 14.6. The van der Waals surface area contributed by atoms with Gasteiger partial charge in [-0.15, -0.1) is 0 Å². The summed E-state index contributed by atoms with van der Waals surface area (Å²) < 4.78 is 5.27. The number of rotatable bonds is 11. The van der Waals surface area contributed by atoms with Gasteiger partial charge in [-0.3, -0.25) is 9.59 Å². The van der Waals surface area contributed by atoms with Gasteiger partial charge in [0.25, 0.3) is 0 Å². The van der Waals surface area contributed by atoms with E-state index in [1.807, 2.05) is 6.92 Å². The van der Waals surface area contributed by atoms with E-state index in [4.69, 9.17) is 4.74 Å². The summed E-state index contributed by atoms with van der Waals surface area (Å²) in [7, 11) is 0. The monoisotopic (exact) mass is 270 g/mol. The predicted octanol–water partition coefficient (Wildman–Crippen LogP) is 1.39. The van der Waals surface area contributed by atoms with Crippen molar-refractivity contribution in [2.45, 2.75) is 39.5 Å². The average molecular weight is 270 g/mol. The Labute approximate surface area is 115 Å². The van der Waals surface area contributed by atoms with Crippen molar-refractivity contribution >= 4 is 11.8 Å². The van der Waals surface area contributed by atoms with Crippen LogP contribution in [0.2, 0.25) is 0 Å². The van der Waals surface area contributed by atoms with E-state index >= 15 is 0 Å². The van der Waals surface area contributed by atoms with E-state index in [-0.39, 0.29) is 11.8 Å². The summed E-state index contributed by atoms with van der Waals surface area (Å²) in [5, 5.41) is 5.53. The number of unbranched alkanes of at least 4 members (excludes halogenated alkanes) is 2. The van der Waals surface area contributed by atoms with Crippen molar-refractivity contribution in [3.63, 3.8) is 0 Å². The van der Waals surface area contributed by atoms with Crippen LogP contribution < -0.4 is 10.6 Å². The van der Waals surface area contributed by atoms with Crippen LogP contribution in [-0.2, 0) is 14.3 Å². The van der Waals surface area contributed by atoms with Crippen LogP contribution in [0.3, 0.4) is 0 Å². The van der Waals surface area contributed by atoms with E-state index in [0.29, 0.717) is 32.7 Å². The maximum atomic E-state index is 11.4. The molecule has 2 N–H and O–H groups in total. The second-order valence-electron chi connectivity index (χ2n) is 4.65. The van der Waals surface area contributed by atoms with Crippen molar-refractivity contribution in [1.82, 2.24) is 10.6 Å². The fraction of sp³-hybridized carbons (Fsp3) is 0.714. The minimum Gasteiger partial charge on any atom is -0.375 e. The van der Waals surface area contributed by atoms with Gasteiger partial charge in [-0.05, 0) is 19.8 Å². The lowest BCUT2D eigenvalue weighted by Crippen LogP contribution is -2.27. The van der Waals surface area contributed by atoms with Crippen LogP contribution in [-0.4, -0.2) is 38.1 Å². The molecule has 19 heavy (non-hydrogen) atoms. The Morgan fingerprint density at radius 1 is 1.05 bits per heavy atom. The largest absolute Gasteiger partial charge is 0.375 e. The molecule has 0 heterocycles. The molecule has 110 valence electrons. The van der Waals surface area contributed by atoms with Crippen LogP contribution in [0.4, 0.5) is 0 Å². The molecule has 0 rings (SSSR count). The van der Waals surface area contributed by atoms with Gasteiger partial charge in [0.2, 0.25) is 11.8 Å². The molecule has 0 saturated heterocycles. The molecule has 0 radical (unpaired) electrons. The molecule has 0 aliphatic carbocycles. The van der Waals surface area contributed by atoms with E-state index in [0.717, 1.165) is 24.8 Å². The van der Waals surface area contributed by atoms with Gasteiger partial charge >= 0.3 is 0 Å². The summed E-state index contributed by atoms with van der Waals surface area (Å²) in [4.78, 5) is 22.0. The van der Waals surface area contributed by atoms with Gasteiger partial charge in [-0.2, -0.15) is 0 Å². The average Bonchev–Trinajstić information content (AvgIpc) is 2.32. The summed E-state index contributed by atoms with van der Waals surface area (Å²) in [6.45, 7) is 9.41. The summed E-state index contributed by atoms with van der Waals surface area (Å²) in [6.07, 6.45) is 3.23. The van der Waals surface area contributed by atoms with Gasteiger partial charge in [0, 0.05) is 26.4 Å². The minimum absolute atomic E-state index is 0.00694. The SMILES string of the molecule is C=C(C)COCCNC(=O)CCCCCNC(C)=O. The zero-order valence-electron chi connectivity index (χ0n) is 12.1. The molecule has 0 spiro atoms. The summed E-state index contributed by atoms with van der Waals surface area (Å²) in [5.41, 5.74) is 0.977. The topological polar surface area (TPSA) is 67.4 Å².